The number of halogens is 3. The van der Waals surface area contributed by atoms with E-state index in [1.54, 1.807) is 72.8 Å². The van der Waals surface area contributed by atoms with Gasteiger partial charge in [-0.1, -0.05) is 54.6 Å². The van der Waals surface area contributed by atoms with Gasteiger partial charge in [0.25, 0.3) is 35.8 Å². The van der Waals surface area contributed by atoms with E-state index >= 15 is 0 Å². The summed E-state index contributed by atoms with van der Waals surface area (Å²) in [6, 6.07) is 26.3. The zero-order valence-corrected chi connectivity index (χ0v) is 18.9. The minimum atomic E-state index is -0.421. The molecule has 0 saturated carbocycles. The average molecular weight is 526 g/mol. The van der Waals surface area contributed by atoms with E-state index in [2.05, 4.69) is 0 Å². The third kappa shape index (κ3) is 19.1. The number of hydrogen-bond donors (Lipinski definition) is 0. The third-order valence-electron chi connectivity index (χ3n) is 2.77. The maximum Gasteiger partial charge on any atom is 0.265 e. The fourth-order valence-corrected chi connectivity index (χ4v) is 3.06. The molecule has 0 aliphatic heterocycles. The van der Waals surface area contributed by atoms with Gasteiger partial charge < -0.3 is 0 Å². The van der Waals surface area contributed by atoms with Crippen molar-refractivity contribution in [2.45, 2.75) is 14.7 Å². The molecule has 9 nitrogen and oxygen atoms in total. The molecule has 0 N–H and O–H groups in total. The molecule has 3 aromatic rings. The van der Waals surface area contributed by atoms with Crippen LogP contribution in [0.1, 0.15) is 0 Å². The Morgan fingerprint density at radius 2 is 0.606 bits per heavy atom. The van der Waals surface area contributed by atoms with Crippen molar-refractivity contribution in [2.24, 2.45) is 0 Å². The van der Waals surface area contributed by atoms with Gasteiger partial charge in [0, 0.05) is 0 Å². The lowest BCUT2D eigenvalue weighted by molar-refractivity contribution is -0.284. The molecular weight excluding hydrogens is 507 g/mol. The van der Waals surface area contributed by atoms with Gasteiger partial charge in [-0.3, -0.25) is 44.5 Å². The summed E-state index contributed by atoms with van der Waals surface area (Å²) in [5, 5.41) is 29.8. The van der Waals surface area contributed by atoms with Gasteiger partial charge >= 0.3 is 0 Å². The van der Waals surface area contributed by atoms with Crippen LogP contribution in [-0.2, 0) is 0 Å². The van der Waals surface area contributed by atoms with Gasteiger partial charge in [0.15, 0.2) is 0 Å². The second-order valence-corrected chi connectivity index (χ2v) is 7.74. The van der Waals surface area contributed by atoms with Crippen LogP contribution < -0.4 is 0 Å². The van der Waals surface area contributed by atoms with Crippen LogP contribution in [0.5, 0.6) is 0 Å². The van der Waals surface area contributed by atoms with Crippen LogP contribution in [0.15, 0.2) is 106 Å². The third-order valence-corrected chi connectivity index (χ3v) is 4.67. The van der Waals surface area contributed by atoms with E-state index in [9.17, 15) is 30.3 Å². The quantitative estimate of drug-likeness (QED) is 0.205. The lowest BCUT2D eigenvalue weighted by Crippen LogP contribution is -1.81. The standard InChI is InChI=1S/3C6H5NO2S.3FH/c3*8-7(9)10-6-4-2-1-3-5-6;;;/h3*1-5H;3*1H. The molecule has 3 aromatic carbocycles. The number of nitro groups is 3. The summed E-state index contributed by atoms with van der Waals surface area (Å²) < 4.78 is -1.26. The van der Waals surface area contributed by atoms with Crippen molar-refractivity contribution in [1.82, 2.24) is 0 Å². The molecule has 0 radical (unpaired) electrons. The van der Waals surface area contributed by atoms with Crippen molar-refractivity contribution in [1.29, 1.82) is 0 Å². The molecule has 0 amide bonds. The van der Waals surface area contributed by atoms with Crippen LogP contribution in [0.25, 0.3) is 0 Å². The molecular formula is C18H18F3N3O6S3. The predicted octanol–water partition coefficient (Wildman–Crippen LogP) is 6.37. The summed E-state index contributed by atoms with van der Waals surface area (Å²) in [5.41, 5.74) is 0. The maximum atomic E-state index is 9.94. The molecule has 0 atom stereocenters. The number of benzene rings is 3. The van der Waals surface area contributed by atoms with Crippen molar-refractivity contribution < 1.29 is 27.1 Å². The van der Waals surface area contributed by atoms with Crippen LogP contribution in [0, 0.1) is 30.3 Å². The second-order valence-electron chi connectivity index (χ2n) is 4.88. The summed E-state index contributed by atoms with van der Waals surface area (Å²) in [6.45, 7) is 0. The van der Waals surface area contributed by atoms with Gasteiger partial charge in [-0.05, 0) is 36.4 Å². The topological polar surface area (TPSA) is 129 Å². The molecule has 0 fully saturated rings. The van der Waals surface area contributed by atoms with E-state index in [4.69, 9.17) is 0 Å². The average Bonchev–Trinajstić information content (AvgIpc) is 2.70. The van der Waals surface area contributed by atoms with Gasteiger partial charge in [-0.25, -0.2) is 0 Å². The first-order valence-corrected chi connectivity index (χ1v) is 10.3. The summed E-state index contributed by atoms with van der Waals surface area (Å²) in [4.78, 5) is 31.8. The molecule has 3 rings (SSSR count). The fourth-order valence-electron chi connectivity index (χ4n) is 1.70. The first-order valence-electron chi connectivity index (χ1n) is 7.99. The van der Waals surface area contributed by atoms with Crippen molar-refractivity contribution in [3.05, 3.63) is 121 Å². The molecule has 0 bridgehead atoms. The highest BCUT2D eigenvalue weighted by atomic mass is 32.2. The van der Waals surface area contributed by atoms with Crippen molar-refractivity contribution in [2.75, 3.05) is 0 Å². The Balaban J connectivity index is -0.000000391. The molecule has 15 heteroatoms. The Labute approximate surface area is 198 Å². The highest BCUT2D eigenvalue weighted by Crippen LogP contribution is 2.17. The van der Waals surface area contributed by atoms with E-state index in [1.165, 1.54) is 0 Å². The minimum absolute atomic E-state index is 0. The van der Waals surface area contributed by atoms with Gasteiger partial charge in [0.1, 0.15) is 13.0 Å². The van der Waals surface area contributed by atoms with Crippen LogP contribution in [0.2, 0.25) is 0 Å². The summed E-state index contributed by atoms with van der Waals surface area (Å²) >= 11 is 1.86. The largest absolute Gasteiger partial charge is 0.269 e. The minimum Gasteiger partial charge on any atom is -0.269 e. The first-order chi connectivity index (χ1) is 14.4. The number of nitrogens with zero attached hydrogens (tertiary/aromatic N) is 3. The molecule has 33 heavy (non-hydrogen) atoms. The predicted molar refractivity (Wildman–Crippen MR) is 125 cm³/mol. The molecule has 0 unspecified atom stereocenters. The summed E-state index contributed by atoms with van der Waals surface area (Å²) in [6.07, 6.45) is 0. The molecule has 0 aromatic heterocycles. The number of hydrogen-bond acceptors (Lipinski definition) is 9. The Hall–Kier alpha value is -3.30. The highest BCUT2D eigenvalue weighted by molar-refractivity contribution is 7.93. The molecule has 0 saturated heterocycles. The zero-order valence-electron chi connectivity index (χ0n) is 16.4. The Bertz CT molecular complexity index is 810. The van der Waals surface area contributed by atoms with Gasteiger partial charge in [0.2, 0.25) is 0 Å². The van der Waals surface area contributed by atoms with E-state index in [0.29, 0.717) is 50.5 Å². The van der Waals surface area contributed by atoms with Crippen LogP contribution >= 0.6 is 35.8 Å². The normalized spacial score (nSPS) is 8.36. The van der Waals surface area contributed by atoms with Crippen LogP contribution in [-0.4, -0.2) is 13.0 Å². The molecule has 0 heterocycles. The monoisotopic (exact) mass is 525 g/mol. The Kier molecular flexibility index (Phi) is 21.4. The fraction of sp³-hybridized carbons (Fsp3) is 0. The van der Waals surface area contributed by atoms with E-state index in [0.717, 1.165) is 0 Å². The molecule has 180 valence electrons. The molecule has 0 aliphatic rings. The first kappa shape index (κ1) is 34.3. The summed E-state index contributed by atoms with van der Waals surface area (Å²) in [7, 11) is 0. The molecule has 0 aliphatic carbocycles. The van der Waals surface area contributed by atoms with Crippen molar-refractivity contribution >= 4 is 35.8 Å². The SMILES string of the molecule is F.F.F.O=[N+]([O-])Sc1ccccc1.O=[N+]([O-])Sc1ccccc1.O=[N+]([O-])Sc1ccccc1. The zero-order chi connectivity index (χ0) is 22.2. The Morgan fingerprint density at radius 3 is 0.758 bits per heavy atom. The van der Waals surface area contributed by atoms with E-state index in [-0.39, 0.29) is 14.1 Å². The smallest absolute Gasteiger partial charge is 0.265 e. The summed E-state index contributed by atoms with van der Waals surface area (Å²) in [5.74, 6) is 0. The van der Waals surface area contributed by atoms with E-state index in [1.807, 2.05) is 18.2 Å². The van der Waals surface area contributed by atoms with Crippen LogP contribution in [0.4, 0.5) is 14.1 Å². The molecule has 0 spiro atoms. The number of rotatable bonds is 6. The van der Waals surface area contributed by atoms with Crippen molar-refractivity contribution in [3.63, 3.8) is 0 Å². The second kappa shape index (κ2) is 20.6. The lowest BCUT2D eigenvalue weighted by atomic mass is 10.4. The van der Waals surface area contributed by atoms with Gasteiger partial charge in [0.05, 0.1) is 14.7 Å². The maximum absolute atomic E-state index is 9.94. The lowest BCUT2D eigenvalue weighted by Gasteiger charge is -1.87. The highest BCUT2D eigenvalue weighted by Gasteiger charge is 2.02. The van der Waals surface area contributed by atoms with Gasteiger partial charge in [-0.2, -0.15) is 0 Å². The Morgan fingerprint density at radius 1 is 0.424 bits per heavy atom. The van der Waals surface area contributed by atoms with Gasteiger partial charge in [-0.15, -0.1) is 0 Å². The van der Waals surface area contributed by atoms with Crippen molar-refractivity contribution in [3.8, 4) is 0 Å². The van der Waals surface area contributed by atoms with E-state index < -0.39 is 13.0 Å². The van der Waals surface area contributed by atoms with Crippen LogP contribution in [0.3, 0.4) is 0 Å².